The second kappa shape index (κ2) is 7.36. The number of hydrogen-bond acceptors (Lipinski definition) is 3. The SMILES string of the molecule is CC(C)[C@@H](NC(=O)c1ccccc1)C(=O)Nc1ccccn1. The molecule has 2 rings (SSSR count). The second-order valence-corrected chi connectivity index (χ2v) is 5.27. The van der Waals surface area contributed by atoms with E-state index in [0.29, 0.717) is 11.4 Å². The molecule has 0 unspecified atom stereocenters. The van der Waals surface area contributed by atoms with E-state index in [4.69, 9.17) is 0 Å². The van der Waals surface area contributed by atoms with Crippen LogP contribution in [0, 0.1) is 5.92 Å². The van der Waals surface area contributed by atoms with Crippen molar-refractivity contribution in [1.82, 2.24) is 10.3 Å². The van der Waals surface area contributed by atoms with E-state index in [9.17, 15) is 9.59 Å². The Kier molecular flexibility index (Phi) is 5.25. The first-order valence-electron chi connectivity index (χ1n) is 7.15. The van der Waals surface area contributed by atoms with E-state index in [0.717, 1.165) is 0 Å². The highest BCUT2D eigenvalue weighted by atomic mass is 16.2. The van der Waals surface area contributed by atoms with Crippen LogP contribution in [0.25, 0.3) is 0 Å². The molecule has 0 bridgehead atoms. The molecule has 1 heterocycles. The lowest BCUT2D eigenvalue weighted by Crippen LogP contribution is -2.47. The number of pyridine rings is 1. The summed E-state index contributed by atoms with van der Waals surface area (Å²) in [4.78, 5) is 28.6. The summed E-state index contributed by atoms with van der Waals surface area (Å²) in [5, 5.41) is 5.49. The van der Waals surface area contributed by atoms with Crippen LogP contribution in [-0.2, 0) is 4.79 Å². The Morgan fingerprint density at radius 3 is 2.27 bits per heavy atom. The highest BCUT2D eigenvalue weighted by molar-refractivity contribution is 6.00. The van der Waals surface area contributed by atoms with Crippen molar-refractivity contribution >= 4 is 17.6 Å². The van der Waals surface area contributed by atoms with Gasteiger partial charge in [-0.3, -0.25) is 9.59 Å². The highest BCUT2D eigenvalue weighted by Crippen LogP contribution is 2.08. The smallest absolute Gasteiger partial charge is 0.251 e. The Balaban J connectivity index is 2.06. The molecule has 2 amide bonds. The molecule has 0 fully saturated rings. The zero-order chi connectivity index (χ0) is 15.9. The van der Waals surface area contributed by atoms with Crippen LogP contribution >= 0.6 is 0 Å². The van der Waals surface area contributed by atoms with E-state index in [1.165, 1.54) is 0 Å². The maximum Gasteiger partial charge on any atom is 0.251 e. The molecule has 1 aromatic carbocycles. The van der Waals surface area contributed by atoms with Gasteiger partial charge in [0.2, 0.25) is 5.91 Å². The van der Waals surface area contributed by atoms with Crippen molar-refractivity contribution in [3.8, 4) is 0 Å². The maximum absolute atomic E-state index is 12.4. The predicted molar refractivity (Wildman–Crippen MR) is 85.4 cm³/mol. The van der Waals surface area contributed by atoms with Gasteiger partial charge in [0.15, 0.2) is 0 Å². The molecular weight excluding hydrogens is 278 g/mol. The third-order valence-corrected chi connectivity index (χ3v) is 3.19. The lowest BCUT2D eigenvalue weighted by atomic mass is 10.0. The molecule has 0 aliphatic heterocycles. The van der Waals surface area contributed by atoms with Crippen molar-refractivity contribution in [2.45, 2.75) is 19.9 Å². The number of aromatic nitrogens is 1. The molecular formula is C17H19N3O2. The van der Waals surface area contributed by atoms with Gasteiger partial charge in [-0.15, -0.1) is 0 Å². The van der Waals surface area contributed by atoms with E-state index in [2.05, 4.69) is 15.6 Å². The number of hydrogen-bond donors (Lipinski definition) is 2. The molecule has 0 aliphatic carbocycles. The van der Waals surface area contributed by atoms with Crippen LogP contribution in [0.2, 0.25) is 0 Å². The average Bonchev–Trinajstić information content (AvgIpc) is 2.53. The van der Waals surface area contributed by atoms with E-state index in [1.54, 1.807) is 48.7 Å². The van der Waals surface area contributed by atoms with Crippen molar-refractivity contribution in [2.24, 2.45) is 5.92 Å². The first-order chi connectivity index (χ1) is 10.6. The lowest BCUT2D eigenvalue weighted by Gasteiger charge is -2.21. The molecule has 2 N–H and O–H groups in total. The predicted octanol–water partition coefficient (Wildman–Crippen LogP) is 2.47. The van der Waals surface area contributed by atoms with Crippen molar-refractivity contribution in [3.05, 3.63) is 60.3 Å². The van der Waals surface area contributed by atoms with Gasteiger partial charge in [-0.05, 0) is 30.2 Å². The minimum absolute atomic E-state index is 0.0450. The average molecular weight is 297 g/mol. The van der Waals surface area contributed by atoms with Crippen LogP contribution in [0.15, 0.2) is 54.7 Å². The molecule has 0 aliphatic rings. The summed E-state index contributed by atoms with van der Waals surface area (Å²) in [6, 6.07) is 13.5. The van der Waals surface area contributed by atoms with Crippen LogP contribution in [-0.4, -0.2) is 22.8 Å². The largest absolute Gasteiger partial charge is 0.340 e. The summed E-state index contributed by atoms with van der Waals surface area (Å²) in [6.07, 6.45) is 1.60. The molecule has 1 atom stereocenters. The molecule has 0 saturated carbocycles. The Labute approximate surface area is 129 Å². The van der Waals surface area contributed by atoms with E-state index >= 15 is 0 Å². The molecule has 1 aromatic heterocycles. The van der Waals surface area contributed by atoms with Gasteiger partial charge in [-0.2, -0.15) is 0 Å². The van der Waals surface area contributed by atoms with Gasteiger partial charge in [0.1, 0.15) is 11.9 Å². The number of anilines is 1. The number of benzene rings is 1. The Hall–Kier alpha value is -2.69. The molecule has 22 heavy (non-hydrogen) atoms. The van der Waals surface area contributed by atoms with E-state index in [-0.39, 0.29) is 17.7 Å². The van der Waals surface area contributed by atoms with Gasteiger partial charge in [0.25, 0.3) is 5.91 Å². The molecule has 5 heteroatoms. The third-order valence-electron chi connectivity index (χ3n) is 3.19. The van der Waals surface area contributed by atoms with Crippen molar-refractivity contribution < 1.29 is 9.59 Å². The van der Waals surface area contributed by atoms with Gasteiger partial charge in [-0.25, -0.2) is 4.98 Å². The Morgan fingerprint density at radius 2 is 1.68 bits per heavy atom. The normalized spacial score (nSPS) is 11.8. The fourth-order valence-corrected chi connectivity index (χ4v) is 1.99. The summed E-state index contributed by atoms with van der Waals surface area (Å²) < 4.78 is 0. The highest BCUT2D eigenvalue weighted by Gasteiger charge is 2.24. The molecule has 0 spiro atoms. The first kappa shape index (κ1) is 15.7. The zero-order valence-corrected chi connectivity index (χ0v) is 12.6. The van der Waals surface area contributed by atoms with Crippen LogP contribution in [0.1, 0.15) is 24.2 Å². The fourth-order valence-electron chi connectivity index (χ4n) is 1.99. The van der Waals surface area contributed by atoms with Crippen molar-refractivity contribution in [3.63, 3.8) is 0 Å². The van der Waals surface area contributed by atoms with Crippen molar-refractivity contribution in [1.29, 1.82) is 0 Å². The van der Waals surface area contributed by atoms with Gasteiger partial charge in [0.05, 0.1) is 0 Å². The van der Waals surface area contributed by atoms with Gasteiger partial charge in [-0.1, -0.05) is 38.1 Å². The third kappa shape index (κ3) is 4.15. The molecule has 5 nitrogen and oxygen atoms in total. The van der Waals surface area contributed by atoms with Crippen LogP contribution in [0.4, 0.5) is 5.82 Å². The fraction of sp³-hybridized carbons (Fsp3) is 0.235. The maximum atomic E-state index is 12.4. The van der Waals surface area contributed by atoms with Gasteiger partial charge < -0.3 is 10.6 Å². The minimum atomic E-state index is -0.630. The summed E-state index contributed by atoms with van der Waals surface area (Å²) in [5.74, 6) is -0.128. The van der Waals surface area contributed by atoms with Crippen LogP contribution < -0.4 is 10.6 Å². The molecule has 0 saturated heterocycles. The number of nitrogens with one attached hydrogen (secondary N) is 2. The van der Waals surface area contributed by atoms with Crippen molar-refractivity contribution in [2.75, 3.05) is 5.32 Å². The summed E-state index contributed by atoms with van der Waals surface area (Å²) in [5.41, 5.74) is 0.527. The topological polar surface area (TPSA) is 71.1 Å². The van der Waals surface area contributed by atoms with Crippen LogP contribution in [0.5, 0.6) is 0 Å². The summed E-state index contributed by atoms with van der Waals surface area (Å²) >= 11 is 0. The molecule has 0 radical (unpaired) electrons. The molecule has 114 valence electrons. The summed E-state index contributed by atoms with van der Waals surface area (Å²) in [7, 11) is 0. The minimum Gasteiger partial charge on any atom is -0.340 e. The van der Waals surface area contributed by atoms with Gasteiger partial charge in [0, 0.05) is 11.8 Å². The quantitative estimate of drug-likeness (QED) is 0.890. The number of carbonyl (C=O) groups excluding carboxylic acids is 2. The summed E-state index contributed by atoms with van der Waals surface area (Å²) in [6.45, 7) is 3.77. The Morgan fingerprint density at radius 1 is 1.00 bits per heavy atom. The number of nitrogens with zero attached hydrogens (tertiary/aromatic N) is 1. The standard InChI is InChI=1S/C17H19N3O2/c1-12(2)15(17(22)19-14-10-6-7-11-18-14)20-16(21)13-8-4-3-5-9-13/h3-12,15H,1-2H3,(H,20,21)(H,18,19,22)/t15-/m1/s1. The number of carbonyl (C=O) groups is 2. The van der Waals surface area contributed by atoms with E-state index < -0.39 is 6.04 Å². The second-order valence-electron chi connectivity index (χ2n) is 5.27. The number of amides is 2. The van der Waals surface area contributed by atoms with Crippen LogP contribution in [0.3, 0.4) is 0 Å². The Bertz CT molecular complexity index is 627. The monoisotopic (exact) mass is 297 g/mol. The zero-order valence-electron chi connectivity index (χ0n) is 12.6. The van der Waals surface area contributed by atoms with Gasteiger partial charge >= 0.3 is 0 Å². The van der Waals surface area contributed by atoms with E-state index in [1.807, 2.05) is 19.9 Å². The first-order valence-corrected chi connectivity index (χ1v) is 7.15. The lowest BCUT2D eigenvalue weighted by molar-refractivity contribution is -0.118. The number of rotatable bonds is 5. The molecule has 2 aromatic rings.